The molecule has 3 N–H and O–H groups in total. The summed E-state index contributed by atoms with van der Waals surface area (Å²) in [6.45, 7) is 3.53. The molecule has 4 aromatic rings. The third kappa shape index (κ3) is 10.6. The van der Waals surface area contributed by atoms with E-state index in [1.54, 1.807) is 4.90 Å². The van der Waals surface area contributed by atoms with Gasteiger partial charge in [0.2, 0.25) is 5.89 Å². The molecule has 0 saturated heterocycles. The molecule has 1 heterocycles. The number of aromatic nitrogens is 1. The quantitative estimate of drug-likeness (QED) is 0.115. The minimum absolute atomic E-state index is 0.00780. The van der Waals surface area contributed by atoms with Gasteiger partial charge in [-0.15, -0.1) is 0 Å². The Morgan fingerprint density at radius 2 is 1.51 bits per heavy atom. The SMILES string of the molecule is CCCN(CCC)C(=O)c1cc(C(=O)N(Cc2cccc(C(F)(F)F)c2)C[C@@H](O)[C@H](Cc2cc(F)cc(F)c2)NC(=O)O)cc(-c2ncco2)c1. The maximum atomic E-state index is 14.4. The summed E-state index contributed by atoms with van der Waals surface area (Å²) in [4.78, 5) is 46.5. The summed E-state index contributed by atoms with van der Waals surface area (Å²) in [6.07, 6.45) is -4.45. The minimum atomic E-state index is -4.70. The maximum absolute atomic E-state index is 14.4. The van der Waals surface area contributed by atoms with Gasteiger partial charge >= 0.3 is 12.3 Å². The molecular weight excluding hydrogens is 679 g/mol. The standard InChI is InChI=1S/C36H37F5N4O6/c1-3-9-44(10-4-2)33(47)25-16-24(32-42-8-11-51-32)17-26(18-25)34(48)45(20-22-6-5-7-27(12-22)36(39,40)41)21-31(46)30(43-35(49)50)15-23-13-28(37)19-29(38)14-23/h5-8,11-14,16-19,30-31,43,46H,3-4,9-10,15,20-21H2,1-2H3,(H,49,50)/t30-,31+/m0/s1. The number of hydrogen-bond donors (Lipinski definition) is 3. The summed E-state index contributed by atoms with van der Waals surface area (Å²) in [7, 11) is 0. The molecule has 0 saturated carbocycles. The van der Waals surface area contributed by atoms with Crippen molar-refractivity contribution in [3.05, 3.63) is 113 Å². The van der Waals surface area contributed by atoms with Crippen molar-refractivity contribution in [2.45, 2.75) is 58.0 Å². The van der Waals surface area contributed by atoms with Gasteiger partial charge in [-0.1, -0.05) is 26.0 Å². The number of carbonyl (C=O) groups excluding carboxylic acids is 2. The topological polar surface area (TPSA) is 136 Å². The second-order valence-electron chi connectivity index (χ2n) is 11.9. The first-order valence-corrected chi connectivity index (χ1v) is 16.1. The van der Waals surface area contributed by atoms with Crippen molar-refractivity contribution in [2.75, 3.05) is 19.6 Å². The van der Waals surface area contributed by atoms with Crippen molar-refractivity contribution in [3.63, 3.8) is 0 Å². The predicted octanol–water partition coefficient (Wildman–Crippen LogP) is 6.78. The van der Waals surface area contributed by atoms with E-state index in [4.69, 9.17) is 4.42 Å². The van der Waals surface area contributed by atoms with Crippen LogP contribution in [0.4, 0.5) is 26.7 Å². The Morgan fingerprint density at radius 1 is 0.882 bits per heavy atom. The smallest absolute Gasteiger partial charge is 0.416 e. The Balaban J connectivity index is 1.78. The number of hydrogen-bond acceptors (Lipinski definition) is 6. The number of carboxylic acid groups (broad SMARTS) is 1. The summed E-state index contributed by atoms with van der Waals surface area (Å²) in [5.41, 5.74) is -0.716. The Bertz CT molecular complexity index is 1790. The third-order valence-corrected chi connectivity index (χ3v) is 7.85. The molecule has 1 aromatic heterocycles. The molecule has 0 aliphatic heterocycles. The van der Waals surface area contributed by atoms with Crippen LogP contribution >= 0.6 is 0 Å². The Hall–Kier alpha value is -5.31. The van der Waals surface area contributed by atoms with Gasteiger partial charge in [0.25, 0.3) is 11.8 Å². The monoisotopic (exact) mass is 716 g/mol. The van der Waals surface area contributed by atoms with Gasteiger partial charge < -0.3 is 29.7 Å². The molecule has 51 heavy (non-hydrogen) atoms. The molecule has 0 aliphatic rings. The molecule has 0 spiro atoms. The highest BCUT2D eigenvalue weighted by Gasteiger charge is 2.32. The van der Waals surface area contributed by atoms with Gasteiger partial charge in [0, 0.05) is 48.9 Å². The second kappa shape index (κ2) is 17.1. The molecule has 0 bridgehead atoms. The molecule has 2 atom stereocenters. The number of nitrogens with one attached hydrogen (secondary N) is 1. The van der Waals surface area contributed by atoms with Crippen LogP contribution in [-0.2, 0) is 19.1 Å². The van der Waals surface area contributed by atoms with Crippen molar-refractivity contribution in [1.29, 1.82) is 0 Å². The Kier molecular flexibility index (Phi) is 12.9. The van der Waals surface area contributed by atoms with E-state index in [-0.39, 0.29) is 33.7 Å². The van der Waals surface area contributed by atoms with Crippen molar-refractivity contribution in [1.82, 2.24) is 20.1 Å². The largest absolute Gasteiger partial charge is 0.465 e. The molecule has 0 fully saturated rings. The van der Waals surface area contributed by atoms with Crippen molar-refractivity contribution in [2.24, 2.45) is 0 Å². The molecule has 15 heteroatoms. The minimum Gasteiger partial charge on any atom is -0.465 e. The fourth-order valence-electron chi connectivity index (χ4n) is 5.65. The second-order valence-corrected chi connectivity index (χ2v) is 11.9. The van der Waals surface area contributed by atoms with Crippen molar-refractivity contribution < 1.29 is 51.0 Å². The fourth-order valence-corrected chi connectivity index (χ4v) is 5.65. The molecule has 4 rings (SSSR count). The third-order valence-electron chi connectivity index (χ3n) is 7.85. The van der Waals surface area contributed by atoms with Crippen LogP contribution in [-0.4, -0.2) is 74.7 Å². The van der Waals surface area contributed by atoms with Gasteiger partial charge in [-0.05, 0) is 72.9 Å². The summed E-state index contributed by atoms with van der Waals surface area (Å²) >= 11 is 0. The number of oxazole rings is 1. The summed E-state index contributed by atoms with van der Waals surface area (Å²) in [5, 5.41) is 22.9. The molecule has 0 aliphatic carbocycles. The van der Waals surface area contributed by atoms with E-state index >= 15 is 0 Å². The van der Waals surface area contributed by atoms with E-state index in [0.717, 1.165) is 35.2 Å². The zero-order chi connectivity index (χ0) is 37.3. The van der Waals surface area contributed by atoms with Crippen LogP contribution in [0.25, 0.3) is 11.5 Å². The molecule has 3 amide bonds. The number of amides is 3. The van der Waals surface area contributed by atoms with Gasteiger partial charge in [0.15, 0.2) is 0 Å². The number of rotatable bonds is 15. The van der Waals surface area contributed by atoms with E-state index in [2.05, 4.69) is 10.3 Å². The highest BCUT2D eigenvalue weighted by Crippen LogP contribution is 2.30. The number of aliphatic hydroxyl groups excluding tert-OH is 1. The van der Waals surface area contributed by atoms with E-state index < -0.39 is 72.9 Å². The first-order valence-electron chi connectivity index (χ1n) is 16.1. The first kappa shape index (κ1) is 38.5. The normalized spacial score (nSPS) is 12.6. The Morgan fingerprint density at radius 3 is 2.06 bits per heavy atom. The van der Waals surface area contributed by atoms with E-state index in [9.17, 15) is 46.5 Å². The summed E-state index contributed by atoms with van der Waals surface area (Å²) < 4.78 is 74.2. The Labute approximate surface area is 290 Å². The lowest BCUT2D eigenvalue weighted by molar-refractivity contribution is -0.137. The maximum Gasteiger partial charge on any atom is 0.416 e. The lowest BCUT2D eigenvalue weighted by atomic mass is 9.99. The number of halogens is 5. The molecule has 10 nitrogen and oxygen atoms in total. The first-order chi connectivity index (χ1) is 24.2. The van der Waals surface area contributed by atoms with Crippen LogP contribution in [0.2, 0.25) is 0 Å². The zero-order valence-electron chi connectivity index (χ0n) is 27.8. The van der Waals surface area contributed by atoms with Crippen LogP contribution in [0, 0.1) is 11.6 Å². The molecule has 0 radical (unpaired) electrons. The van der Waals surface area contributed by atoms with E-state index in [0.29, 0.717) is 32.0 Å². The molecule has 0 unspecified atom stereocenters. The zero-order valence-corrected chi connectivity index (χ0v) is 27.8. The molecular formula is C36H37F5N4O6. The number of alkyl halides is 3. The van der Waals surface area contributed by atoms with E-state index in [1.807, 2.05) is 13.8 Å². The highest BCUT2D eigenvalue weighted by atomic mass is 19.4. The van der Waals surface area contributed by atoms with Crippen LogP contribution in [0.1, 0.15) is 64.1 Å². The molecule has 3 aromatic carbocycles. The fraction of sp³-hybridized carbons (Fsp3) is 0.333. The number of benzene rings is 3. The van der Waals surface area contributed by atoms with Crippen LogP contribution in [0.5, 0.6) is 0 Å². The number of carbonyl (C=O) groups is 3. The average molecular weight is 717 g/mol. The van der Waals surface area contributed by atoms with E-state index in [1.165, 1.54) is 36.7 Å². The van der Waals surface area contributed by atoms with Crippen molar-refractivity contribution in [3.8, 4) is 11.5 Å². The van der Waals surface area contributed by atoms with Gasteiger partial charge in [-0.25, -0.2) is 18.6 Å². The number of aliphatic hydroxyl groups is 1. The van der Waals surface area contributed by atoms with Gasteiger partial charge in [-0.2, -0.15) is 13.2 Å². The average Bonchev–Trinajstić information content (AvgIpc) is 3.61. The lowest BCUT2D eigenvalue weighted by Gasteiger charge is -2.30. The van der Waals surface area contributed by atoms with Crippen LogP contribution < -0.4 is 5.32 Å². The van der Waals surface area contributed by atoms with Gasteiger partial charge in [0.1, 0.15) is 17.9 Å². The van der Waals surface area contributed by atoms with Gasteiger partial charge in [-0.3, -0.25) is 9.59 Å². The summed E-state index contributed by atoms with van der Waals surface area (Å²) in [5.74, 6) is -3.03. The predicted molar refractivity (Wildman–Crippen MR) is 176 cm³/mol. The molecule has 272 valence electrons. The van der Waals surface area contributed by atoms with Crippen molar-refractivity contribution >= 4 is 17.9 Å². The van der Waals surface area contributed by atoms with Gasteiger partial charge in [0.05, 0.1) is 23.9 Å². The summed E-state index contributed by atoms with van der Waals surface area (Å²) in [6, 6.07) is 9.47. The highest BCUT2D eigenvalue weighted by molar-refractivity contribution is 6.01. The van der Waals surface area contributed by atoms with Crippen LogP contribution in [0.3, 0.4) is 0 Å². The van der Waals surface area contributed by atoms with Crippen LogP contribution in [0.15, 0.2) is 77.5 Å². The lowest BCUT2D eigenvalue weighted by Crippen LogP contribution is -2.50. The number of nitrogens with zero attached hydrogens (tertiary/aromatic N) is 3.